The maximum Gasteiger partial charge on any atom is 0.252 e. The summed E-state index contributed by atoms with van der Waals surface area (Å²) in [6.07, 6.45) is 3.80. The maximum atomic E-state index is 4.78. The Kier molecular flexibility index (Phi) is 5.20. The fraction of sp³-hybridized carbons (Fsp3) is 0. The number of fused-ring (bicyclic) bond motifs is 10. The van der Waals surface area contributed by atoms with E-state index in [1.807, 2.05) is 47.2 Å². The molecule has 0 radical (unpaired) electrons. The lowest BCUT2D eigenvalue weighted by atomic mass is 9.33. The lowest BCUT2D eigenvalue weighted by Gasteiger charge is -2.44. The summed E-state index contributed by atoms with van der Waals surface area (Å²) in [5.74, 6) is 0. The summed E-state index contributed by atoms with van der Waals surface area (Å²) in [6.45, 7) is 0.104. The number of nitrogens with zero attached hydrogens (tertiary/aromatic N) is 4. The molecule has 5 aromatic carbocycles. The lowest BCUT2D eigenvalue weighted by Crippen LogP contribution is -2.61. The first-order valence-corrected chi connectivity index (χ1v) is 17.4. The number of pyridine rings is 2. The van der Waals surface area contributed by atoms with Crippen LogP contribution >= 0.6 is 22.7 Å². The molecule has 9 aromatic rings. The number of hydrogen-bond acceptors (Lipinski definition) is 6. The molecule has 0 saturated heterocycles. The Morgan fingerprint density at radius 1 is 0.426 bits per heavy atom. The molecule has 0 amide bonds. The predicted octanol–water partition coefficient (Wildman–Crippen LogP) is 9.29. The zero-order chi connectivity index (χ0) is 30.6. The first-order valence-electron chi connectivity index (χ1n) is 15.8. The van der Waals surface area contributed by atoms with E-state index in [4.69, 9.17) is 9.97 Å². The summed E-state index contributed by atoms with van der Waals surface area (Å²) < 4.78 is 4.92. The maximum absolute atomic E-state index is 4.78. The molecular formula is C40H23BN4S2. The van der Waals surface area contributed by atoms with Gasteiger partial charge in [-0.15, -0.1) is 22.7 Å². The fourth-order valence-corrected chi connectivity index (χ4v) is 10.2. The van der Waals surface area contributed by atoms with Crippen LogP contribution in [-0.2, 0) is 0 Å². The number of aromatic nitrogens is 2. The molecule has 7 heteroatoms. The summed E-state index contributed by atoms with van der Waals surface area (Å²) in [5, 5.41) is 2.40. The van der Waals surface area contributed by atoms with Gasteiger partial charge in [-0.25, -0.2) is 0 Å². The summed E-state index contributed by atoms with van der Waals surface area (Å²) in [6, 6.07) is 46.5. The highest BCUT2D eigenvalue weighted by atomic mass is 32.1. The van der Waals surface area contributed by atoms with E-state index in [1.165, 1.54) is 80.1 Å². The third-order valence-corrected chi connectivity index (χ3v) is 12.1. The van der Waals surface area contributed by atoms with Crippen LogP contribution in [0, 0.1) is 0 Å². The second-order valence-corrected chi connectivity index (χ2v) is 14.2. The highest BCUT2D eigenvalue weighted by molar-refractivity contribution is 7.26. The molecule has 47 heavy (non-hydrogen) atoms. The average Bonchev–Trinajstić information content (AvgIpc) is 3.71. The number of thiophene rings is 2. The van der Waals surface area contributed by atoms with Gasteiger partial charge in [0, 0.05) is 45.9 Å². The number of hydrogen-bond donors (Lipinski definition) is 0. The Balaban J connectivity index is 1.23. The zero-order valence-corrected chi connectivity index (χ0v) is 26.6. The van der Waals surface area contributed by atoms with Gasteiger partial charge in [0.25, 0.3) is 6.71 Å². The van der Waals surface area contributed by atoms with Crippen molar-refractivity contribution in [3.8, 4) is 0 Å². The Morgan fingerprint density at radius 2 is 0.872 bits per heavy atom. The second-order valence-electron chi connectivity index (χ2n) is 12.1. The van der Waals surface area contributed by atoms with Crippen LogP contribution in [0.4, 0.5) is 34.1 Å². The van der Waals surface area contributed by atoms with Gasteiger partial charge in [0.2, 0.25) is 0 Å². The largest absolute Gasteiger partial charge is 0.310 e. The quantitative estimate of drug-likeness (QED) is 0.178. The number of anilines is 6. The first kappa shape index (κ1) is 25.7. The Bertz CT molecular complexity index is 2560. The van der Waals surface area contributed by atoms with Gasteiger partial charge in [-0.05, 0) is 77.1 Å². The molecule has 0 fully saturated rings. The van der Waals surface area contributed by atoms with E-state index in [9.17, 15) is 0 Å². The number of para-hydroxylation sites is 2. The van der Waals surface area contributed by atoms with Crippen molar-refractivity contribution >= 4 is 121 Å². The molecule has 4 nitrogen and oxygen atoms in total. The van der Waals surface area contributed by atoms with Crippen LogP contribution in [-0.4, -0.2) is 16.7 Å². The molecule has 4 aromatic heterocycles. The molecule has 0 N–H and O–H groups in total. The number of benzene rings is 5. The van der Waals surface area contributed by atoms with Crippen molar-refractivity contribution in [2.24, 2.45) is 0 Å². The average molecular weight is 635 g/mol. The van der Waals surface area contributed by atoms with Gasteiger partial charge in [0.1, 0.15) is 0 Å². The molecule has 0 aliphatic carbocycles. The van der Waals surface area contributed by atoms with Gasteiger partial charge in [0.15, 0.2) is 0 Å². The summed E-state index contributed by atoms with van der Waals surface area (Å²) >= 11 is 3.65. The van der Waals surface area contributed by atoms with Gasteiger partial charge in [-0.3, -0.25) is 9.97 Å². The molecule has 11 rings (SSSR count). The standard InChI is InChI=1S/C40H23BN4S2/c1-3-14-28-26(12-1)41-27-13-2-4-15-29(27)45(33-19-6-11-25-38-35(47-40(25)33)21-9-23-43-38)31-17-7-16-30(36(31)41)44(28)32-18-5-10-24-37-34(46-39(24)32)20-8-22-42-37/h1-23H. The normalized spacial score (nSPS) is 13.4. The summed E-state index contributed by atoms with van der Waals surface area (Å²) in [5.41, 5.74) is 13.4. The van der Waals surface area contributed by atoms with Crippen molar-refractivity contribution in [3.63, 3.8) is 0 Å². The zero-order valence-electron chi connectivity index (χ0n) is 25.0. The molecule has 2 aliphatic rings. The SMILES string of the molecule is c1ccc2c(c1)B1c3ccccc3N(c3cccc4c3sc3cccnc34)c3cccc(c31)N2c1cccc2c1sc1cccnc12. The van der Waals surface area contributed by atoms with E-state index >= 15 is 0 Å². The van der Waals surface area contributed by atoms with Crippen LogP contribution in [0.3, 0.4) is 0 Å². The van der Waals surface area contributed by atoms with Crippen molar-refractivity contribution in [1.82, 2.24) is 9.97 Å². The smallest absolute Gasteiger partial charge is 0.252 e. The molecule has 0 spiro atoms. The van der Waals surface area contributed by atoms with Gasteiger partial charge < -0.3 is 9.80 Å². The third kappa shape index (κ3) is 3.42. The molecule has 218 valence electrons. The topological polar surface area (TPSA) is 32.3 Å². The third-order valence-electron chi connectivity index (χ3n) is 9.75. The van der Waals surface area contributed by atoms with E-state index in [0.717, 1.165) is 11.0 Å². The predicted molar refractivity (Wildman–Crippen MR) is 202 cm³/mol. The summed E-state index contributed by atoms with van der Waals surface area (Å²) in [4.78, 5) is 14.6. The second kappa shape index (κ2) is 9.52. The minimum absolute atomic E-state index is 0.104. The molecular weight excluding hydrogens is 611 g/mol. The van der Waals surface area contributed by atoms with Crippen molar-refractivity contribution in [2.75, 3.05) is 9.80 Å². The van der Waals surface area contributed by atoms with Crippen LogP contribution in [0.2, 0.25) is 0 Å². The Labute approximate surface area is 278 Å². The van der Waals surface area contributed by atoms with Crippen LogP contribution in [0.5, 0.6) is 0 Å². The minimum Gasteiger partial charge on any atom is -0.310 e. The van der Waals surface area contributed by atoms with Crippen molar-refractivity contribution in [2.45, 2.75) is 0 Å². The lowest BCUT2D eigenvalue weighted by molar-refractivity contribution is 1.27. The Hall–Kier alpha value is -5.50. The van der Waals surface area contributed by atoms with Crippen LogP contribution in [0.15, 0.2) is 140 Å². The fourth-order valence-electron chi connectivity index (χ4n) is 7.91. The van der Waals surface area contributed by atoms with Gasteiger partial charge in [-0.2, -0.15) is 0 Å². The number of rotatable bonds is 2. The van der Waals surface area contributed by atoms with E-state index in [0.29, 0.717) is 0 Å². The molecule has 2 aliphatic heterocycles. The van der Waals surface area contributed by atoms with Gasteiger partial charge in [-0.1, -0.05) is 66.7 Å². The van der Waals surface area contributed by atoms with E-state index < -0.39 is 0 Å². The van der Waals surface area contributed by atoms with E-state index in [1.54, 1.807) is 0 Å². The van der Waals surface area contributed by atoms with Crippen LogP contribution < -0.4 is 26.2 Å². The van der Waals surface area contributed by atoms with E-state index in [-0.39, 0.29) is 6.71 Å². The first-order chi connectivity index (χ1) is 23.3. The van der Waals surface area contributed by atoms with Gasteiger partial charge >= 0.3 is 0 Å². The van der Waals surface area contributed by atoms with Crippen LogP contribution in [0.1, 0.15) is 0 Å². The Morgan fingerprint density at radius 3 is 1.40 bits per heavy atom. The van der Waals surface area contributed by atoms with Crippen LogP contribution in [0.25, 0.3) is 40.6 Å². The highest BCUT2D eigenvalue weighted by Gasteiger charge is 2.43. The van der Waals surface area contributed by atoms with Crippen molar-refractivity contribution < 1.29 is 0 Å². The molecule has 0 unspecified atom stereocenters. The molecule has 0 bridgehead atoms. The van der Waals surface area contributed by atoms with Gasteiger partial charge in [0.05, 0.1) is 41.2 Å². The monoisotopic (exact) mass is 634 g/mol. The highest BCUT2D eigenvalue weighted by Crippen LogP contribution is 2.49. The molecule has 6 heterocycles. The minimum atomic E-state index is 0.104. The van der Waals surface area contributed by atoms with Crippen molar-refractivity contribution in [1.29, 1.82) is 0 Å². The molecule has 0 atom stereocenters. The van der Waals surface area contributed by atoms with Crippen molar-refractivity contribution in [3.05, 3.63) is 140 Å². The van der Waals surface area contributed by atoms with E-state index in [2.05, 4.69) is 125 Å². The molecule has 0 saturated carbocycles. The summed E-state index contributed by atoms with van der Waals surface area (Å²) in [7, 11) is 0.